The van der Waals surface area contributed by atoms with Gasteiger partial charge in [-0.15, -0.1) is 0 Å². The molecule has 172 valence electrons. The summed E-state index contributed by atoms with van der Waals surface area (Å²) in [6.07, 6.45) is 8.09. The molecule has 0 aromatic rings. The van der Waals surface area contributed by atoms with E-state index in [0.717, 1.165) is 25.7 Å². The van der Waals surface area contributed by atoms with Crippen LogP contribution in [0, 0.1) is 0 Å². The van der Waals surface area contributed by atoms with Crippen molar-refractivity contribution in [2.75, 3.05) is 0 Å². The molecule has 0 unspecified atom stereocenters. The number of carboxylic acid groups (broad SMARTS) is 3. The minimum Gasteiger partial charge on any atom is -0.481 e. The fourth-order valence-corrected chi connectivity index (χ4v) is 2.89. The molecular formula is C20H34N2O8. The van der Waals surface area contributed by atoms with Crippen LogP contribution in [0.25, 0.3) is 0 Å². The van der Waals surface area contributed by atoms with Gasteiger partial charge < -0.3 is 26.0 Å². The Bertz CT molecular complexity index is 579. The lowest BCUT2D eigenvalue weighted by Crippen LogP contribution is -2.52. The van der Waals surface area contributed by atoms with Gasteiger partial charge in [0.2, 0.25) is 11.8 Å². The predicted octanol–water partition coefficient (Wildman–Crippen LogP) is 1.91. The largest absolute Gasteiger partial charge is 0.481 e. The third kappa shape index (κ3) is 14.4. The molecule has 0 aliphatic heterocycles. The van der Waals surface area contributed by atoms with E-state index in [1.807, 2.05) is 5.32 Å². The zero-order valence-electron chi connectivity index (χ0n) is 17.5. The standard InChI is InChI=1S/C20H34N2O8/c1-2-3-4-5-6-7-8-9-10-11-16(23)21-14(12-17(24)25)19(28)22-15(20(29)30)13-18(26)27/h14-15H,2-13H2,1H3,(H,21,23)(H,22,28)(H,24,25)(H,26,27)(H,29,30)/t14-,15-/m0/s1. The van der Waals surface area contributed by atoms with E-state index in [4.69, 9.17) is 15.3 Å². The number of carbonyl (C=O) groups is 5. The van der Waals surface area contributed by atoms with Crippen molar-refractivity contribution >= 4 is 29.7 Å². The molecule has 0 saturated heterocycles. The minimum absolute atomic E-state index is 0.122. The average Bonchev–Trinajstić information content (AvgIpc) is 2.64. The topological polar surface area (TPSA) is 170 Å². The van der Waals surface area contributed by atoms with Gasteiger partial charge in [-0.2, -0.15) is 0 Å². The first-order valence-corrected chi connectivity index (χ1v) is 10.4. The van der Waals surface area contributed by atoms with E-state index in [2.05, 4.69) is 12.2 Å². The summed E-state index contributed by atoms with van der Waals surface area (Å²) in [6.45, 7) is 2.16. The Hall–Kier alpha value is -2.65. The number of amides is 2. The molecule has 0 bridgehead atoms. The van der Waals surface area contributed by atoms with Crippen molar-refractivity contribution in [3.8, 4) is 0 Å². The molecule has 0 saturated carbocycles. The summed E-state index contributed by atoms with van der Waals surface area (Å²) in [5.74, 6) is -5.92. The van der Waals surface area contributed by atoms with Crippen molar-refractivity contribution < 1.29 is 39.3 Å². The number of aliphatic carboxylic acids is 3. The number of carboxylic acids is 3. The molecule has 0 aliphatic rings. The average molecular weight is 430 g/mol. The summed E-state index contributed by atoms with van der Waals surface area (Å²) in [5, 5.41) is 30.9. The molecule has 0 rings (SSSR count). The molecule has 0 fully saturated rings. The number of carbonyl (C=O) groups excluding carboxylic acids is 2. The number of rotatable bonds is 18. The van der Waals surface area contributed by atoms with Crippen LogP contribution >= 0.6 is 0 Å². The number of hydrogen-bond acceptors (Lipinski definition) is 5. The molecule has 30 heavy (non-hydrogen) atoms. The van der Waals surface area contributed by atoms with Crippen molar-refractivity contribution in [1.82, 2.24) is 10.6 Å². The Balaban J connectivity index is 4.41. The van der Waals surface area contributed by atoms with Crippen LogP contribution in [0.2, 0.25) is 0 Å². The highest BCUT2D eigenvalue weighted by atomic mass is 16.4. The fourth-order valence-electron chi connectivity index (χ4n) is 2.89. The number of hydrogen-bond donors (Lipinski definition) is 5. The summed E-state index contributed by atoms with van der Waals surface area (Å²) in [5.41, 5.74) is 0. The van der Waals surface area contributed by atoms with Crippen LogP contribution in [-0.2, 0) is 24.0 Å². The maximum atomic E-state index is 12.2. The Morgan fingerprint density at radius 1 is 0.667 bits per heavy atom. The zero-order chi connectivity index (χ0) is 22.9. The van der Waals surface area contributed by atoms with E-state index < -0.39 is 54.6 Å². The Kier molecular flexibility index (Phi) is 14.8. The van der Waals surface area contributed by atoms with Crippen LogP contribution in [-0.4, -0.2) is 57.1 Å². The van der Waals surface area contributed by atoms with Crippen molar-refractivity contribution in [2.45, 2.75) is 96.1 Å². The first-order valence-electron chi connectivity index (χ1n) is 10.4. The summed E-state index contributed by atoms with van der Waals surface area (Å²) >= 11 is 0. The Morgan fingerprint density at radius 3 is 1.60 bits per heavy atom. The van der Waals surface area contributed by atoms with Gasteiger partial charge in [-0.25, -0.2) is 4.79 Å². The SMILES string of the molecule is CCCCCCCCCCCC(=O)N[C@@H](CC(=O)O)C(=O)N[C@@H](CC(=O)O)C(=O)O. The van der Waals surface area contributed by atoms with Crippen molar-refractivity contribution in [1.29, 1.82) is 0 Å². The first kappa shape index (κ1) is 27.4. The van der Waals surface area contributed by atoms with E-state index >= 15 is 0 Å². The van der Waals surface area contributed by atoms with E-state index in [0.29, 0.717) is 6.42 Å². The molecule has 10 heteroatoms. The second-order valence-corrected chi connectivity index (χ2v) is 7.29. The quantitative estimate of drug-likeness (QED) is 0.205. The molecule has 0 aliphatic carbocycles. The molecule has 5 N–H and O–H groups in total. The predicted molar refractivity (Wildman–Crippen MR) is 108 cm³/mol. The maximum Gasteiger partial charge on any atom is 0.326 e. The van der Waals surface area contributed by atoms with Gasteiger partial charge in [0.15, 0.2) is 0 Å². The molecule has 0 heterocycles. The smallest absolute Gasteiger partial charge is 0.326 e. The van der Waals surface area contributed by atoms with Crippen molar-refractivity contribution in [2.24, 2.45) is 0 Å². The van der Waals surface area contributed by atoms with Gasteiger partial charge in [0.25, 0.3) is 0 Å². The Labute approximate surface area is 176 Å². The monoisotopic (exact) mass is 430 g/mol. The normalized spacial score (nSPS) is 12.6. The molecule has 2 atom stereocenters. The maximum absolute atomic E-state index is 12.2. The summed E-state index contributed by atoms with van der Waals surface area (Å²) < 4.78 is 0. The van der Waals surface area contributed by atoms with E-state index in [1.165, 1.54) is 25.7 Å². The summed E-state index contributed by atoms with van der Waals surface area (Å²) in [7, 11) is 0. The fraction of sp³-hybridized carbons (Fsp3) is 0.750. The molecule has 0 spiro atoms. The molecule has 0 aromatic heterocycles. The van der Waals surface area contributed by atoms with Crippen LogP contribution < -0.4 is 10.6 Å². The summed E-state index contributed by atoms with van der Waals surface area (Å²) in [4.78, 5) is 57.0. The number of nitrogens with one attached hydrogen (secondary N) is 2. The van der Waals surface area contributed by atoms with Gasteiger partial charge in [0.1, 0.15) is 12.1 Å². The number of unbranched alkanes of at least 4 members (excludes halogenated alkanes) is 8. The van der Waals surface area contributed by atoms with Gasteiger partial charge in [-0.1, -0.05) is 58.3 Å². The second-order valence-electron chi connectivity index (χ2n) is 7.29. The van der Waals surface area contributed by atoms with E-state index in [-0.39, 0.29) is 6.42 Å². The highest BCUT2D eigenvalue weighted by Crippen LogP contribution is 2.10. The highest BCUT2D eigenvalue weighted by molar-refractivity contribution is 5.93. The van der Waals surface area contributed by atoms with Crippen LogP contribution in [0.4, 0.5) is 0 Å². The second kappa shape index (κ2) is 16.2. The first-order chi connectivity index (χ1) is 14.2. The minimum atomic E-state index is -1.72. The lowest BCUT2D eigenvalue weighted by Gasteiger charge is -2.19. The molecule has 0 radical (unpaired) electrons. The van der Waals surface area contributed by atoms with Gasteiger partial charge >= 0.3 is 17.9 Å². The summed E-state index contributed by atoms with van der Waals surface area (Å²) in [6, 6.07) is -3.20. The highest BCUT2D eigenvalue weighted by Gasteiger charge is 2.29. The third-order valence-corrected chi connectivity index (χ3v) is 4.53. The van der Waals surface area contributed by atoms with Gasteiger partial charge in [-0.3, -0.25) is 19.2 Å². The Morgan fingerprint density at radius 2 is 1.13 bits per heavy atom. The molecular weight excluding hydrogens is 396 g/mol. The van der Waals surface area contributed by atoms with Gasteiger partial charge in [-0.05, 0) is 6.42 Å². The lowest BCUT2D eigenvalue weighted by atomic mass is 10.1. The van der Waals surface area contributed by atoms with Crippen LogP contribution in [0.3, 0.4) is 0 Å². The van der Waals surface area contributed by atoms with Gasteiger partial charge in [0, 0.05) is 6.42 Å². The van der Waals surface area contributed by atoms with E-state index in [9.17, 15) is 24.0 Å². The molecule has 10 nitrogen and oxygen atoms in total. The van der Waals surface area contributed by atoms with Crippen LogP contribution in [0.1, 0.15) is 84.0 Å². The van der Waals surface area contributed by atoms with Crippen LogP contribution in [0.5, 0.6) is 0 Å². The van der Waals surface area contributed by atoms with Gasteiger partial charge in [0.05, 0.1) is 12.8 Å². The molecule has 0 aromatic carbocycles. The van der Waals surface area contributed by atoms with Crippen molar-refractivity contribution in [3.63, 3.8) is 0 Å². The third-order valence-electron chi connectivity index (χ3n) is 4.53. The van der Waals surface area contributed by atoms with Crippen molar-refractivity contribution in [3.05, 3.63) is 0 Å². The zero-order valence-corrected chi connectivity index (χ0v) is 17.5. The lowest BCUT2D eigenvalue weighted by molar-refractivity contribution is -0.148. The van der Waals surface area contributed by atoms with Crippen LogP contribution in [0.15, 0.2) is 0 Å². The molecule has 2 amide bonds. The van der Waals surface area contributed by atoms with E-state index in [1.54, 1.807) is 0 Å².